The van der Waals surface area contributed by atoms with Crippen LogP contribution < -0.4 is 9.64 Å². The summed E-state index contributed by atoms with van der Waals surface area (Å²) in [5.74, 6) is -0.282. The third-order valence-electron chi connectivity index (χ3n) is 7.82. The van der Waals surface area contributed by atoms with E-state index in [1.54, 1.807) is 7.11 Å². The fourth-order valence-corrected chi connectivity index (χ4v) is 5.57. The van der Waals surface area contributed by atoms with Gasteiger partial charge >= 0.3 is 11.9 Å². The van der Waals surface area contributed by atoms with Crippen molar-refractivity contribution < 1.29 is 33.3 Å². The van der Waals surface area contributed by atoms with Gasteiger partial charge in [0.05, 0.1) is 24.2 Å². The molecule has 222 valence electrons. The number of ether oxygens (including phenoxy) is 5. The standard InChI is InChI=1S/C29H44N4O7/c1-18(2)21(15-23(31-32-30)26-16-22(19(3)4)29(35)39-26)28(40-27(34)17-37-6)20-8-9-25-24(14-20)33(11-13-38-25)10-7-12-36-5/h8-9,14,18-19,21-23,26,28H,7,10-13,15-17H2,1-6H3/t21-,22-,23-,26-,28?/m0/s1. The van der Waals surface area contributed by atoms with E-state index in [2.05, 4.69) is 14.9 Å². The van der Waals surface area contributed by atoms with Crippen molar-refractivity contribution in [2.75, 3.05) is 52.0 Å². The lowest BCUT2D eigenvalue weighted by atomic mass is 9.79. The Labute approximate surface area is 237 Å². The first-order valence-corrected chi connectivity index (χ1v) is 14.1. The quantitative estimate of drug-likeness (QED) is 0.0953. The van der Waals surface area contributed by atoms with E-state index >= 15 is 0 Å². The lowest BCUT2D eigenvalue weighted by Gasteiger charge is -2.35. The molecular weight excluding hydrogens is 516 g/mol. The Bertz CT molecular complexity index is 1040. The number of methoxy groups -OCH3 is 2. The number of anilines is 1. The minimum atomic E-state index is -0.648. The normalized spacial score (nSPS) is 20.8. The monoisotopic (exact) mass is 560 g/mol. The molecule has 1 unspecified atom stereocenters. The highest BCUT2D eigenvalue weighted by Gasteiger charge is 2.42. The molecule has 5 atom stereocenters. The summed E-state index contributed by atoms with van der Waals surface area (Å²) in [4.78, 5) is 30.6. The van der Waals surface area contributed by atoms with Crippen LogP contribution >= 0.6 is 0 Å². The van der Waals surface area contributed by atoms with Crippen molar-refractivity contribution in [1.29, 1.82) is 0 Å². The number of nitrogens with zero attached hydrogens (tertiary/aromatic N) is 4. The maximum atomic E-state index is 12.8. The van der Waals surface area contributed by atoms with Crippen LogP contribution in [0.4, 0.5) is 5.69 Å². The molecule has 1 aromatic carbocycles. The summed E-state index contributed by atoms with van der Waals surface area (Å²) in [7, 11) is 3.14. The van der Waals surface area contributed by atoms with Crippen molar-refractivity contribution in [3.63, 3.8) is 0 Å². The summed E-state index contributed by atoms with van der Waals surface area (Å²) < 4.78 is 28.0. The molecule has 40 heavy (non-hydrogen) atoms. The number of fused-ring (bicyclic) bond motifs is 1. The first-order chi connectivity index (χ1) is 19.2. The van der Waals surface area contributed by atoms with Crippen molar-refractivity contribution >= 4 is 17.6 Å². The van der Waals surface area contributed by atoms with Crippen molar-refractivity contribution in [3.8, 4) is 5.75 Å². The van der Waals surface area contributed by atoms with Crippen LogP contribution in [0.3, 0.4) is 0 Å². The molecular formula is C29H44N4O7. The van der Waals surface area contributed by atoms with Crippen LogP contribution in [0.25, 0.3) is 10.4 Å². The van der Waals surface area contributed by atoms with E-state index in [9.17, 15) is 15.1 Å². The Hall–Kier alpha value is -3.01. The minimum absolute atomic E-state index is 0.0415. The predicted octanol–water partition coefficient (Wildman–Crippen LogP) is 5.08. The molecule has 2 aliphatic heterocycles. The molecule has 0 spiro atoms. The molecule has 0 aromatic heterocycles. The average Bonchev–Trinajstić information content (AvgIpc) is 3.31. The number of hydrogen-bond donors (Lipinski definition) is 0. The van der Waals surface area contributed by atoms with Gasteiger partial charge in [-0.3, -0.25) is 4.79 Å². The lowest BCUT2D eigenvalue weighted by molar-refractivity contribution is -0.158. The zero-order valence-electron chi connectivity index (χ0n) is 24.6. The van der Waals surface area contributed by atoms with Gasteiger partial charge in [0, 0.05) is 38.2 Å². The van der Waals surface area contributed by atoms with Crippen LogP contribution in [0, 0.1) is 23.7 Å². The summed E-state index contributed by atoms with van der Waals surface area (Å²) >= 11 is 0. The predicted molar refractivity (Wildman–Crippen MR) is 150 cm³/mol. The topological polar surface area (TPSA) is 132 Å². The molecule has 0 saturated carbocycles. The molecule has 0 aliphatic carbocycles. The number of hydrogen-bond acceptors (Lipinski definition) is 9. The molecule has 3 rings (SSSR count). The average molecular weight is 561 g/mol. The third-order valence-corrected chi connectivity index (χ3v) is 7.82. The van der Waals surface area contributed by atoms with Crippen LogP contribution in [-0.4, -0.2) is 71.2 Å². The highest BCUT2D eigenvalue weighted by molar-refractivity contribution is 5.75. The molecule has 2 heterocycles. The Kier molecular flexibility index (Phi) is 11.9. The minimum Gasteiger partial charge on any atom is -0.490 e. The van der Waals surface area contributed by atoms with E-state index in [4.69, 9.17) is 23.7 Å². The van der Waals surface area contributed by atoms with Gasteiger partial charge in [-0.2, -0.15) is 0 Å². The smallest absolute Gasteiger partial charge is 0.332 e. The van der Waals surface area contributed by atoms with Crippen LogP contribution in [0.15, 0.2) is 23.3 Å². The maximum absolute atomic E-state index is 12.8. The van der Waals surface area contributed by atoms with Crippen molar-refractivity contribution in [3.05, 3.63) is 34.2 Å². The molecule has 1 aromatic rings. The fraction of sp³-hybridized carbons (Fsp3) is 0.724. The van der Waals surface area contributed by atoms with Crippen LogP contribution in [0.2, 0.25) is 0 Å². The van der Waals surface area contributed by atoms with E-state index in [1.165, 1.54) is 7.11 Å². The van der Waals surface area contributed by atoms with Gasteiger partial charge in [-0.05, 0) is 54.3 Å². The first-order valence-electron chi connectivity index (χ1n) is 14.1. The van der Waals surface area contributed by atoms with Gasteiger partial charge in [0.1, 0.15) is 31.2 Å². The third kappa shape index (κ3) is 8.02. The molecule has 11 heteroatoms. The van der Waals surface area contributed by atoms with Gasteiger partial charge in [0.15, 0.2) is 0 Å². The van der Waals surface area contributed by atoms with Gasteiger partial charge in [-0.1, -0.05) is 38.9 Å². The number of benzene rings is 1. The van der Waals surface area contributed by atoms with Gasteiger partial charge in [0.2, 0.25) is 0 Å². The number of azide groups is 1. The molecule has 2 aliphatic rings. The number of carbonyl (C=O) groups excluding carboxylic acids is 2. The van der Waals surface area contributed by atoms with Gasteiger partial charge in [0.25, 0.3) is 0 Å². The molecule has 11 nitrogen and oxygen atoms in total. The van der Waals surface area contributed by atoms with Crippen molar-refractivity contribution in [2.45, 2.75) is 65.2 Å². The molecule has 1 fully saturated rings. The molecule has 0 radical (unpaired) electrons. The van der Waals surface area contributed by atoms with E-state index < -0.39 is 24.2 Å². The van der Waals surface area contributed by atoms with Gasteiger partial charge in [-0.15, -0.1) is 0 Å². The number of rotatable bonds is 15. The second-order valence-electron chi connectivity index (χ2n) is 11.2. The Morgan fingerprint density at radius 2 is 2.00 bits per heavy atom. The second-order valence-corrected chi connectivity index (χ2v) is 11.2. The van der Waals surface area contributed by atoms with E-state index in [1.807, 2.05) is 45.9 Å². The molecule has 0 bridgehead atoms. The summed E-state index contributed by atoms with van der Waals surface area (Å²) in [5, 5.41) is 4.07. The SMILES string of the molecule is COCCCN1CCOc2ccc(C(OC(=O)COC)[C@@H](C[C@H](N=[N+]=[N-])[C@@H]3C[C@@H](C(C)C)C(=O)O3)C(C)C)cc21. The Morgan fingerprint density at radius 3 is 2.62 bits per heavy atom. The van der Waals surface area contributed by atoms with Crippen LogP contribution in [-0.2, 0) is 28.5 Å². The zero-order valence-corrected chi connectivity index (χ0v) is 24.6. The highest BCUT2D eigenvalue weighted by atomic mass is 16.6. The summed E-state index contributed by atoms with van der Waals surface area (Å²) in [6.45, 7) is 10.7. The van der Waals surface area contributed by atoms with Crippen molar-refractivity contribution in [2.24, 2.45) is 28.8 Å². The zero-order chi connectivity index (χ0) is 29.2. The molecule has 0 N–H and O–H groups in total. The maximum Gasteiger partial charge on any atom is 0.332 e. The number of cyclic esters (lactones) is 1. The lowest BCUT2D eigenvalue weighted by Crippen LogP contribution is -2.35. The fourth-order valence-electron chi connectivity index (χ4n) is 5.57. The first kappa shape index (κ1) is 31.5. The van der Waals surface area contributed by atoms with E-state index in [0.717, 1.165) is 36.5 Å². The molecule has 0 amide bonds. The van der Waals surface area contributed by atoms with Crippen LogP contribution in [0.5, 0.6) is 5.75 Å². The summed E-state index contributed by atoms with van der Waals surface area (Å²) in [5.41, 5.74) is 11.1. The summed E-state index contributed by atoms with van der Waals surface area (Å²) in [6, 6.07) is 5.26. The van der Waals surface area contributed by atoms with Gasteiger partial charge < -0.3 is 28.6 Å². The summed E-state index contributed by atoms with van der Waals surface area (Å²) in [6.07, 6.45) is 0.559. The number of esters is 2. The largest absolute Gasteiger partial charge is 0.490 e. The molecule has 1 saturated heterocycles. The van der Waals surface area contributed by atoms with E-state index in [0.29, 0.717) is 26.1 Å². The second kappa shape index (κ2) is 15.1. The van der Waals surface area contributed by atoms with Crippen molar-refractivity contribution in [1.82, 2.24) is 0 Å². The number of carbonyl (C=O) groups is 2. The van der Waals surface area contributed by atoms with Crippen LogP contribution in [0.1, 0.15) is 58.6 Å². The van der Waals surface area contributed by atoms with Gasteiger partial charge in [-0.25, -0.2) is 4.79 Å². The highest BCUT2D eigenvalue weighted by Crippen LogP contribution is 2.42. The van der Waals surface area contributed by atoms with E-state index in [-0.39, 0.29) is 36.2 Å². The Morgan fingerprint density at radius 1 is 1.23 bits per heavy atom. The Balaban J connectivity index is 1.96.